The van der Waals surface area contributed by atoms with Gasteiger partial charge in [-0.2, -0.15) is 0 Å². The zero-order chi connectivity index (χ0) is 37.5. The molecule has 12 aromatic rings. The maximum absolute atomic E-state index is 6.27. The number of hydrogen-bond donors (Lipinski definition) is 0. The van der Waals surface area contributed by atoms with Crippen LogP contribution >= 0.6 is 0 Å². The van der Waals surface area contributed by atoms with E-state index < -0.39 is 0 Å². The van der Waals surface area contributed by atoms with Crippen LogP contribution in [0, 0.1) is 0 Å². The summed E-state index contributed by atoms with van der Waals surface area (Å²) >= 11 is 0. The number of hydrogen-bond acceptors (Lipinski definition) is 1. The third kappa shape index (κ3) is 4.92. The van der Waals surface area contributed by atoms with Crippen LogP contribution in [-0.2, 0) is 0 Å². The molecule has 3 nitrogen and oxygen atoms in total. The molecule has 0 aliphatic heterocycles. The van der Waals surface area contributed by atoms with Crippen molar-refractivity contribution in [2.24, 2.45) is 0 Å². The molecule has 9 aromatic carbocycles. The van der Waals surface area contributed by atoms with Crippen molar-refractivity contribution in [3.63, 3.8) is 0 Å². The Morgan fingerprint density at radius 3 is 1.49 bits per heavy atom. The van der Waals surface area contributed by atoms with Gasteiger partial charge in [-0.1, -0.05) is 133 Å². The fourth-order valence-electron chi connectivity index (χ4n) is 9.11. The number of fused-ring (bicyclic) bond motifs is 9. The Kier molecular flexibility index (Phi) is 6.93. The molecule has 3 heteroatoms. The first kappa shape index (κ1) is 31.7. The number of para-hydroxylation sites is 3. The van der Waals surface area contributed by atoms with Crippen LogP contribution in [0.5, 0.6) is 0 Å². The van der Waals surface area contributed by atoms with Crippen molar-refractivity contribution in [3.05, 3.63) is 206 Å². The zero-order valence-corrected chi connectivity index (χ0v) is 30.9. The molecule has 0 atom stereocenters. The molecule has 0 radical (unpaired) electrons. The van der Waals surface area contributed by atoms with Gasteiger partial charge in [0.2, 0.25) is 0 Å². The van der Waals surface area contributed by atoms with Gasteiger partial charge in [0.25, 0.3) is 0 Å². The number of nitrogens with zero attached hydrogens (tertiary/aromatic N) is 2. The summed E-state index contributed by atoms with van der Waals surface area (Å²) in [5, 5.41) is 7.14. The monoisotopic (exact) mass is 726 g/mol. The van der Waals surface area contributed by atoms with Gasteiger partial charge in [-0.15, -0.1) is 0 Å². The highest BCUT2D eigenvalue weighted by molar-refractivity contribution is 6.14. The van der Waals surface area contributed by atoms with Crippen LogP contribution in [-0.4, -0.2) is 9.13 Å². The number of aromatic nitrogens is 2. The number of rotatable bonds is 5. The van der Waals surface area contributed by atoms with Crippen LogP contribution in [0.2, 0.25) is 0 Å². The maximum Gasteiger partial charge on any atom is 0.135 e. The van der Waals surface area contributed by atoms with Crippen molar-refractivity contribution in [1.82, 2.24) is 9.13 Å². The average Bonchev–Trinajstić information content (AvgIpc) is 3.94. The molecule has 3 heterocycles. The van der Waals surface area contributed by atoms with Crippen molar-refractivity contribution in [2.75, 3.05) is 0 Å². The van der Waals surface area contributed by atoms with Crippen LogP contribution in [0.1, 0.15) is 0 Å². The molecule has 0 fully saturated rings. The quantitative estimate of drug-likeness (QED) is 0.173. The van der Waals surface area contributed by atoms with Gasteiger partial charge in [0.1, 0.15) is 11.2 Å². The molecule has 0 amide bonds. The summed E-state index contributed by atoms with van der Waals surface area (Å²) in [5.74, 6) is 0. The first-order chi connectivity index (χ1) is 28.3. The van der Waals surface area contributed by atoms with Crippen LogP contribution < -0.4 is 0 Å². The van der Waals surface area contributed by atoms with Gasteiger partial charge in [0, 0.05) is 43.7 Å². The molecule has 0 spiro atoms. The predicted molar refractivity (Wildman–Crippen MR) is 239 cm³/mol. The van der Waals surface area contributed by atoms with E-state index in [9.17, 15) is 0 Å². The smallest absolute Gasteiger partial charge is 0.135 e. The molecule has 12 rings (SSSR count). The Bertz CT molecular complexity index is 3460. The Hall–Kier alpha value is -7.62. The average molecular weight is 727 g/mol. The van der Waals surface area contributed by atoms with E-state index in [0.717, 1.165) is 44.3 Å². The second-order valence-electron chi connectivity index (χ2n) is 14.9. The van der Waals surface area contributed by atoms with Gasteiger partial charge in [-0.3, -0.25) is 0 Å². The van der Waals surface area contributed by atoms with E-state index in [-0.39, 0.29) is 0 Å². The molecular weight excluding hydrogens is 693 g/mol. The van der Waals surface area contributed by atoms with Gasteiger partial charge in [-0.05, 0) is 106 Å². The lowest BCUT2D eigenvalue weighted by Gasteiger charge is -2.14. The van der Waals surface area contributed by atoms with Gasteiger partial charge in [0.05, 0.1) is 22.1 Å². The lowest BCUT2D eigenvalue weighted by Crippen LogP contribution is -1.95. The minimum atomic E-state index is 0.892. The van der Waals surface area contributed by atoms with E-state index in [4.69, 9.17) is 4.42 Å². The molecule has 0 bridgehead atoms. The van der Waals surface area contributed by atoms with E-state index in [2.05, 4.69) is 203 Å². The molecule has 3 aromatic heterocycles. The maximum atomic E-state index is 6.27. The molecule has 0 saturated carbocycles. The van der Waals surface area contributed by atoms with Gasteiger partial charge >= 0.3 is 0 Å². The third-order valence-electron chi connectivity index (χ3n) is 11.7. The predicted octanol–water partition coefficient (Wildman–Crippen LogP) is 14.8. The minimum absolute atomic E-state index is 0.892. The van der Waals surface area contributed by atoms with Crippen molar-refractivity contribution >= 4 is 65.6 Å². The summed E-state index contributed by atoms with van der Waals surface area (Å²) < 4.78 is 11.1. The van der Waals surface area contributed by atoms with Crippen LogP contribution in [0.25, 0.3) is 110 Å². The van der Waals surface area contributed by atoms with Crippen LogP contribution in [0.15, 0.2) is 211 Å². The SMILES string of the molecule is c1ccc(-c2ccc(-c3ccccc3)c(-c3ccc4c(c3)c3cc(-n5c6ccccc6c6ccccc65)ccc3n4-c3ccc4oc5ccccc5c4c3)c2)cc1. The minimum Gasteiger partial charge on any atom is -0.456 e. The highest BCUT2D eigenvalue weighted by Gasteiger charge is 2.19. The van der Waals surface area contributed by atoms with Gasteiger partial charge < -0.3 is 13.6 Å². The molecule has 0 N–H and O–H groups in total. The first-order valence-corrected chi connectivity index (χ1v) is 19.5. The molecule has 0 unspecified atom stereocenters. The number of benzene rings is 9. The summed E-state index contributed by atoms with van der Waals surface area (Å²) in [6, 6.07) is 74.7. The largest absolute Gasteiger partial charge is 0.456 e. The summed E-state index contributed by atoms with van der Waals surface area (Å²) in [4.78, 5) is 0. The summed E-state index contributed by atoms with van der Waals surface area (Å²) in [6.45, 7) is 0. The fourth-order valence-corrected chi connectivity index (χ4v) is 9.11. The van der Waals surface area contributed by atoms with Crippen molar-refractivity contribution < 1.29 is 4.42 Å². The van der Waals surface area contributed by atoms with E-state index in [1.807, 2.05) is 12.1 Å². The second kappa shape index (κ2) is 12.5. The Labute approximate surface area is 328 Å². The molecule has 0 saturated heterocycles. The van der Waals surface area contributed by atoms with Crippen LogP contribution in [0.4, 0.5) is 0 Å². The van der Waals surface area contributed by atoms with Crippen molar-refractivity contribution in [1.29, 1.82) is 0 Å². The Morgan fingerprint density at radius 1 is 0.263 bits per heavy atom. The fraction of sp³-hybridized carbons (Fsp3) is 0. The lowest BCUT2D eigenvalue weighted by molar-refractivity contribution is 0.669. The Morgan fingerprint density at radius 2 is 0.772 bits per heavy atom. The summed E-state index contributed by atoms with van der Waals surface area (Å²) in [6.07, 6.45) is 0. The van der Waals surface area contributed by atoms with E-state index in [1.54, 1.807) is 0 Å². The van der Waals surface area contributed by atoms with E-state index in [0.29, 0.717) is 0 Å². The normalized spacial score (nSPS) is 11.9. The zero-order valence-electron chi connectivity index (χ0n) is 30.9. The van der Waals surface area contributed by atoms with Crippen molar-refractivity contribution in [2.45, 2.75) is 0 Å². The second-order valence-corrected chi connectivity index (χ2v) is 14.9. The van der Waals surface area contributed by atoms with E-state index >= 15 is 0 Å². The first-order valence-electron chi connectivity index (χ1n) is 19.5. The topological polar surface area (TPSA) is 23.0 Å². The van der Waals surface area contributed by atoms with E-state index in [1.165, 1.54) is 66.0 Å². The number of furan rings is 1. The standard InChI is InChI=1S/C54H34N2O/c1-3-13-35(14-4-1)37-23-27-41(36-15-5-2-6-16-36)45(31-37)38-24-28-51-46(32-38)47-33-39(55-49-20-10-7-17-42(49)43-18-8-11-21-50(43)55)25-29-52(47)56(51)40-26-30-54-48(34-40)44-19-9-12-22-53(44)57-54/h1-34H. The molecule has 57 heavy (non-hydrogen) atoms. The molecular formula is C54H34N2O. The third-order valence-corrected chi connectivity index (χ3v) is 11.7. The van der Waals surface area contributed by atoms with Gasteiger partial charge in [0.15, 0.2) is 0 Å². The van der Waals surface area contributed by atoms with Gasteiger partial charge in [-0.25, -0.2) is 0 Å². The summed E-state index contributed by atoms with van der Waals surface area (Å²) in [7, 11) is 0. The lowest BCUT2D eigenvalue weighted by atomic mass is 9.90. The highest BCUT2D eigenvalue weighted by atomic mass is 16.3. The van der Waals surface area contributed by atoms with Crippen LogP contribution in [0.3, 0.4) is 0 Å². The Balaban J connectivity index is 1.15. The summed E-state index contributed by atoms with van der Waals surface area (Å²) in [5.41, 5.74) is 15.9. The highest BCUT2D eigenvalue weighted by Crippen LogP contribution is 2.42. The molecule has 0 aliphatic carbocycles. The molecule has 0 aliphatic rings. The van der Waals surface area contributed by atoms with Crippen molar-refractivity contribution in [3.8, 4) is 44.8 Å². The molecule has 266 valence electrons.